The molecule has 0 saturated carbocycles. The molecule has 2 aromatic carbocycles. The molecule has 1 aliphatic heterocycles. The van der Waals surface area contributed by atoms with Gasteiger partial charge in [-0.3, -0.25) is 14.9 Å². The number of methoxy groups -OCH3 is 2. The van der Waals surface area contributed by atoms with Crippen LogP contribution in [0.15, 0.2) is 53.7 Å². The zero-order valence-electron chi connectivity index (χ0n) is 17.0. The summed E-state index contributed by atoms with van der Waals surface area (Å²) in [5.41, 5.74) is 1.57. The topological polar surface area (TPSA) is 107 Å². The number of aromatic nitrogens is 3. The maximum Gasteiger partial charge on any atom is 0.250 e. The van der Waals surface area contributed by atoms with Crippen molar-refractivity contribution in [2.24, 2.45) is 0 Å². The third-order valence-electron chi connectivity index (χ3n) is 4.71. The molecule has 0 saturated heterocycles. The number of benzene rings is 2. The van der Waals surface area contributed by atoms with E-state index < -0.39 is 11.9 Å². The third-order valence-corrected chi connectivity index (χ3v) is 5.62. The molecule has 9 nitrogen and oxygen atoms in total. The SMILES string of the molecule is COc1ccc(OC)c(NC(=O)[C@H]2CC(=O)Nc3nc(SCc4ccccc4)nn32)c1. The van der Waals surface area contributed by atoms with Crippen LogP contribution in [0.25, 0.3) is 0 Å². The first kappa shape index (κ1) is 20.7. The zero-order valence-corrected chi connectivity index (χ0v) is 17.8. The van der Waals surface area contributed by atoms with E-state index in [1.165, 1.54) is 30.7 Å². The Morgan fingerprint density at radius 3 is 2.77 bits per heavy atom. The Morgan fingerprint density at radius 2 is 2.03 bits per heavy atom. The number of hydrogen-bond donors (Lipinski definition) is 2. The van der Waals surface area contributed by atoms with Crippen molar-refractivity contribution in [3.8, 4) is 11.5 Å². The van der Waals surface area contributed by atoms with Gasteiger partial charge >= 0.3 is 0 Å². The molecule has 1 atom stereocenters. The molecule has 4 rings (SSSR count). The maximum absolute atomic E-state index is 13.0. The Bertz CT molecular complexity index is 1100. The van der Waals surface area contributed by atoms with Crippen LogP contribution in [0.2, 0.25) is 0 Å². The molecule has 1 aromatic heterocycles. The predicted octanol–water partition coefficient (Wildman–Crippen LogP) is 3.11. The summed E-state index contributed by atoms with van der Waals surface area (Å²) in [6.45, 7) is 0. The van der Waals surface area contributed by atoms with E-state index in [4.69, 9.17) is 9.47 Å². The second kappa shape index (κ2) is 9.09. The average Bonchev–Trinajstić information content (AvgIpc) is 3.20. The Hall–Kier alpha value is -3.53. The number of rotatable bonds is 7. The highest BCUT2D eigenvalue weighted by Crippen LogP contribution is 2.32. The monoisotopic (exact) mass is 439 g/mol. The van der Waals surface area contributed by atoms with E-state index in [1.807, 2.05) is 30.3 Å². The lowest BCUT2D eigenvalue weighted by molar-refractivity contribution is -0.125. The number of carbonyl (C=O) groups excluding carboxylic acids is 2. The van der Waals surface area contributed by atoms with Crippen LogP contribution < -0.4 is 20.1 Å². The molecule has 0 bridgehead atoms. The summed E-state index contributed by atoms with van der Waals surface area (Å²) in [7, 11) is 3.05. The predicted molar refractivity (Wildman–Crippen MR) is 116 cm³/mol. The highest BCUT2D eigenvalue weighted by molar-refractivity contribution is 7.98. The highest BCUT2D eigenvalue weighted by atomic mass is 32.2. The molecule has 2 heterocycles. The van der Waals surface area contributed by atoms with Crippen LogP contribution in [0.3, 0.4) is 0 Å². The van der Waals surface area contributed by atoms with E-state index in [0.717, 1.165) is 5.56 Å². The molecule has 0 unspecified atom stereocenters. The summed E-state index contributed by atoms with van der Waals surface area (Å²) in [6, 6.07) is 14.2. The van der Waals surface area contributed by atoms with E-state index >= 15 is 0 Å². The van der Waals surface area contributed by atoms with Gasteiger partial charge in [0.15, 0.2) is 0 Å². The number of hydrogen-bond acceptors (Lipinski definition) is 7. The lowest BCUT2D eigenvalue weighted by Crippen LogP contribution is -2.36. The molecule has 31 heavy (non-hydrogen) atoms. The van der Waals surface area contributed by atoms with Crippen LogP contribution in [-0.2, 0) is 15.3 Å². The molecule has 10 heteroatoms. The number of thioether (sulfide) groups is 1. The van der Waals surface area contributed by atoms with E-state index in [0.29, 0.717) is 28.1 Å². The molecular formula is C21H21N5O4S. The smallest absolute Gasteiger partial charge is 0.250 e. The van der Waals surface area contributed by atoms with Gasteiger partial charge in [0, 0.05) is 11.8 Å². The quantitative estimate of drug-likeness (QED) is 0.545. The maximum atomic E-state index is 13.0. The summed E-state index contributed by atoms with van der Waals surface area (Å²) in [4.78, 5) is 29.6. The largest absolute Gasteiger partial charge is 0.497 e. The minimum absolute atomic E-state index is 0.0444. The Balaban J connectivity index is 1.54. The van der Waals surface area contributed by atoms with Gasteiger partial charge in [-0.1, -0.05) is 42.1 Å². The average molecular weight is 439 g/mol. The van der Waals surface area contributed by atoms with Gasteiger partial charge in [0.05, 0.1) is 26.3 Å². The van der Waals surface area contributed by atoms with Crippen LogP contribution in [0.5, 0.6) is 11.5 Å². The minimum Gasteiger partial charge on any atom is -0.497 e. The van der Waals surface area contributed by atoms with Gasteiger partial charge in [-0.25, -0.2) is 4.68 Å². The standard InChI is InChI=1S/C21H21N5O4S/c1-29-14-8-9-17(30-2)15(10-14)22-19(28)16-11-18(27)23-20-24-21(25-26(16)20)31-12-13-6-4-3-5-7-13/h3-10,16H,11-12H2,1-2H3,(H,22,28)(H,23,24,25,27)/t16-/m1/s1. The van der Waals surface area contributed by atoms with Crippen molar-refractivity contribution in [2.45, 2.75) is 23.4 Å². The molecule has 1 aliphatic rings. The molecule has 0 fully saturated rings. The number of nitrogens with zero attached hydrogens (tertiary/aromatic N) is 3. The number of fused-ring (bicyclic) bond motifs is 1. The molecule has 160 valence electrons. The number of nitrogens with one attached hydrogen (secondary N) is 2. The lowest BCUT2D eigenvalue weighted by Gasteiger charge is -2.23. The molecule has 3 aromatic rings. The van der Waals surface area contributed by atoms with Gasteiger partial charge in [0.25, 0.3) is 0 Å². The van der Waals surface area contributed by atoms with Crippen LogP contribution >= 0.6 is 11.8 Å². The van der Waals surface area contributed by atoms with E-state index in [9.17, 15) is 9.59 Å². The molecular weight excluding hydrogens is 418 g/mol. The first-order chi connectivity index (χ1) is 15.1. The molecule has 0 radical (unpaired) electrons. The summed E-state index contributed by atoms with van der Waals surface area (Å²) in [6.07, 6.45) is -0.0444. The normalized spacial score (nSPS) is 15.0. The summed E-state index contributed by atoms with van der Waals surface area (Å²) in [5, 5.41) is 10.4. The number of ether oxygens (including phenoxy) is 2. The summed E-state index contributed by atoms with van der Waals surface area (Å²) < 4.78 is 12.0. The van der Waals surface area contributed by atoms with Crippen molar-refractivity contribution in [1.82, 2.24) is 14.8 Å². The molecule has 0 spiro atoms. The fraction of sp³-hybridized carbons (Fsp3) is 0.238. The van der Waals surface area contributed by atoms with Gasteiger partial charge in [0.1, 0.15) is 17.5 Å². The Morgan fingerprint density at radius 1 is 1.23 bits per heavy atom. The van der Waals surface area contributed by atoms with Crippen LogP contribution in [0, 0.1) is 0 Å². The third kappa shape index (κ3) is 4.64. The van der Waals surface area contributed by atoms with Crippen molar-refractivity contribution < 1.29 is 19.1 Å². The second-order valence-corrected chi connectivity index (χ2v) is 7.70. The molecule has 0 aliphatic carbocycles. The summed E-state index contributed by atoms with van der Waals surface area (Å²) >= 11 is 1.43. The summed E-state index contributed by atoms with van der Waals surface area (Å²) in [5.74, 6) is 1.29. The van der Waals surface area contributed by atoms with Crippen molar-refractivity contribution in [3.63, 3.8) is 0 Å². The minimum atomic E-state index is -0.835. The second-order valence-electron chi connectivity index (χ2n) is 6.76. The van der Waals surface area contributed by atoms with Crippen molar-refractivity contribution in [3.05, 3.63) is 54.1 Å². The van der Waals surface area contributed by atoms with Gasteiger partial charge < -0.3 is 14.8 Å². The molecule has 2 N–H and O–H groups in total. The van der Waals surface area contributed by atoms with Crippen LogP contribution in [-0.4, -0.2) is 40.8 Å². The van der Waals surface area contributed by atoms with Gasteiger partial charge in [-0.2, -0.15) is 4.98 Å². The fourth-order valence-corrected chi connectivity index (χ4v) is 3.94. The molecule has 2 amide bonds. The number of carbonyl (C=O) groups is 2. The van der Waals surface area contributed by atoms with Gasteiger partial charge in [-0.05, 0) is 17.7 Å². The Kier molecular flexibility index (Phi) is 6.08. The van der Waals surface area contributed by atoms with E-state index in [2.05, 4.69) is 20.7 Å². The first-order valence-electron chi connectivity index (χ1n) is 9.53. The van der Waals surface area contributed by atoms with Crippen LogP contribution in [0.4, 0.5) is 11.6 Å². The number of anilines is 2. The van der Waals surface area contributed by atoms with Crippen molar-refractivity contribution in [1.29, 1.82) is 0 Å². The fourth-order valence-electron chi connectivity index (χ4n) is 3.16. The van der Waals surface area contributed by atoms with Crippen LogP contribution in [0.1, 0.15) is 18.0 Å². The number of amides is 2. The first-order valence-corrected chi connectivity index (χ1v) is 10.5. The van der Waals surface area contributed by atoms with Gasteiger partial charge in [0.2, 0.25) is 22.9 Å². The van der Waals surface area contributed by atoms with Gasteiger partial charge in [-0.15, -0.1) is 5.10 Å². The van der Waals surface area contributed by atoms with Crippen molar-refractivity contribution >= 4 is 35.2 Å². The van der Waals surface area contributed by atoms with E-state index in [-0.39, 0.29) is 18.3 Å². The zero-order chi connectivity index (χ0) is 21.8. The Labute approximate surface area is 183 Å². The van der Waals surface area contributed by atoms with Crippen molar-refractivity contribution in [2.75, 3.05) is 24.9 Å². The van der Waals surface area contributed by atoms with E-state index in [1.54, 1.807) is 18.2 Å². The highest BCUT2D eigenvalue weighted by Gasteiger charge is 2.33. The lowest BCUT2D eigenvalue weighted by atomic mass is 10.1.